The third-order valence-electron chi connectivity index (χ3n) is 6.25. The highest BCUT2D eigenvalue weighted by atomic mass is 79.9. The average Bonchev–Trinajstić information content (AvgIpc) is 3.15. The van der Waals surface area contributed by atoms with Crippen molar-refractivity contribution < 1.29 is 4.79 Å². The SMILES string of the molecule is CN1CCN(CC#CCN2C(=O)c3cccc4c3N(CC4)c3ccc(Br)cc32)CC1. The van der Waals surface area contributed by atoms with Crippen LogP contribution >= 0.6 is 15.9 Å². The van der Waals surface area contributed by atoms with Gasteiger partial charge in [0.1, 0.15) is 0 Å². The van der Waals surface area contributed by atoms with Crippen LogP contribution in [-0.4, -0.2) is 68.6 Å². The summed E-state index contributed by atoms with van der Waals surface area (Å²) in [6.07, 6.45) is 0.969. The first-order valence-corrected chi connectivity index (χ1v) is 11.3. The lowest BCUT2D eigenvalue weighted by Gasteiger charge is -2.30. The highest BCUT2D eigenvalue weighted by Crippen LogP contribution is 2.45. The minimum atomic E-state index is 0.0319. The number of carbonyl (C=O) groups excluding carboxylic acids is 1. The number of nitrogens with zero attached hydrogens (tertiary/aromatic N) is 4. The molecule has 0 spiro atoms. The fraction of sp³-hybridized carbons (Fsp3) is 0.375. The van der Waals surface area contributed by atoms with Crippen molar-refractivity contribution in [1.82, 2.24) is 9.80 Å². The predicted octanol–water partition coefficient (Wildman–Crippen LogP) is 3.35. The number of hydrogen-bond donors (Lipinski definition) is 0. The van der Waals surface area contributed by atoms with Crippen LogP contribution < -0.4 is 9.80 Å². The van der Waals surface area contributed by atoms with Gasteiger partial charge < -0.3 is 9.80 Å². The lowest BCUT2D eigenvalue weighted by Crippen LogP contribution is -2.44. The van der Waals surface area contributed by atoms with Crippen molar-refractivity contribution in [2.45, 2.75) is 6.42 Å². The number of halogens is 1. The number of likely N-dealkylation sites (N-methyl/N-ethyl adjacent to an activating group) is 1. The molecule has 0 aliphatic carbocycles. The summed E-state index contributed by atoms with van der Waals surface area (Å²) < 4.78 is 0.967. The minimum absolute atomic E-state index is 0.0319. The maximum Gasteiger partial charge on any atom is 0.261 e. The molecule has 1 amide bonds. The zero-order valence-electron chi connectivity index (χ0n) is 17.2. The zero-order valence-corrected chi connectivity index (χ0v) is 18.8. The maximum absolute atomic E-state index is 13.6. The van der Waals surface area contributed by atoms with Crippen LogP contribution in [0.3, 0.4) is 0 Å². The maximum atomic E-state index is 13.6. The number of benzene rings is 2. The quantitative estimate of drug-likeness (QED) is 0.637. The van der Waals surface area contributed by atoms with Gasteiger partial charge in [-0.1, -0.05) is 39.9 Å². The number of fused-ring (bicyclic) bond motifs is 2. The molecule has 3 aliphatic rings. The van der Waals surface area contributed by atoms with Crippen LogP contribution in [0.15, 0.2) is 40.9 Å². The third-order valence-corrected chi connectivity index (χ3v) is 6.74. The number of piperazine rings is 1. The van der Waals surface area contributed by atoms with E-state index in [1.807, 2.05) is 29.2 Å². The first kappa shape index (κ1) is 19.6. The molecule has 0 bridgehead atoms. The first-order chi connectivity index (χ1) is 14.6. The molecule has 1 saturated heterocycles. The molecule has 154 valence electrons. The number of carbonyl (C=O) groups is 1. The van der Waals surface area contributed by atoms with Gasteiger partial charge in [0, 0.05) is 37.2 Å². The van der Waals surface area contributed by atoms with Gasteiger partial charge in [-0.05, 0) is 43.3 Å². The lowest BCUT2D eigenvalue weighted by molar-refractivity contribution is 0.0991. The van der Waals surface area contributed by atoms with Gasteiger partial charge in [0.15, 0.2) is 0 Å². The molecule has 30 heavy (non-hydrogen) atoms. The lowest BCUT2D eigenvalue weighted by atomic mass is 10.1. The normalized spacial score (nSPS) is 18.5. The van der Waals surface area contributed by atoms with Crippen molar-refractivity contribution in [2.75, 3.05) is 62.7 Å². The second kappa shape index (κ2) is 8.07. The number of para-hydroxylation sites is 1. The minimum Gasteiger partial charge on any atom is -0.339 e. The molecule has 0 N–H and O–H groups in total. The van der Waals surface area contributed by atoms with Crippen LogP contribution in [0.2, 0.25) is 0 Å². The third kappa shape index (κ3) is 3.51. The molecule has 3 aliphatic heterocycles. The van der Waals surface area contributed by atoms with Crippen LogP contribution in [0.5, 0.6) is 0 Å². The van der Waals surface area contributed by atoms with E-state index >= 15 is 0 Å². The molecule has 5 nitrogen and oxygen atoms in total. The summed E-state index contributed by atoms with van der Waals surface area (Å²) in [5, 5.41) is 0. The van der Waals surface area contributed by atoms with E-state index in [0.717, 1.165) is 72.8 Å². The number of anilines is 3. The summed E-state index contributed by atoms with van der Waals surface area (Å²) in [6, 6.07) is 12.3. The Hall–Kier alpha value is -2.33. The van der Waals surface area contributed by atoms with Crippen LogP contribution in [0.25, 0.3) is 0 Å². The van der Waals surface area contributed by atoms with Crippen LogP contribution in [-0.2, 0) is 6.42 Å². The summed E-state index contributed by atoms with van der Waals surface area (Å²) in [4.78, 5) is 22.4. The zero-order chi connectivity index (χ0) is 20.7. The van der Waals surface area contributed by atoms with E-state index < -0.39 is 0 Å². The highest BCUT2D eigenvalue weighted by molar-refractivity contribution is 9.10. The topological polar surface area (TPSA) is 30.0 Å². The van der Waals surface area contributed by atoms with Crippen molar-refractivity contribution in [3.63, 3.8) is 0 Å². The second-order valence-electron chi connectivity index (χ2n) is 8.17. The molecule has 3 heterocycles. The smallest absolute Gasteiger partial charge is 0.261 e. The number of amides is 1. The van der Waals surface area contributed by atoms with Gasteiger partial charge in [0.2, 0.25) is 0 Å². The second-order valence-corrected chi connectivity index (χ2v) is 9.09. The Kier molecular flexibility index (Phi) is 5.28. The van der Waals surface area contributed by atoms with Gasteiger partial charge >= 0.3 is 0 Å². The first-order valence-electron chi connectivity index (χ1n) is 10.5. The van der Waals surface area contributed by atoms with Gasteiger partial charge in [-0.15, -0.1) is 0 Å². The summed E-state index contributed by atoms with van der Waals surface area (Å²) in [5.41, 5.74) is 5.10. The van der Waals surface area contributed by atoms with Crippen molar-refractivity contribution >= 4 is 38.9 Å². The molecule has 2 aromatic rings. The van der Waals surface area contributed by atoms with Crippen LogP contribution in [0.1, 0.15) is 15.9 Å². The van der Waals surface area contributed by atoms with Gasteiger partial charge in [-0.3, -0.25) is 14.6 Å². The molecule has 2 aromatic carbocycles. The largest absolute Gasteiger partial charge is 0.339 e. The van der Waals surface area contributed by atoms with E-state index in [1.54, 1.807) is 0 Å². The van der Waals surface area contributed by atoms with Crippen LogP contribution in [0, 0.1) is 11.8 Å². The molecule has 0 saturated carbocycles. The summed E-state index contributed by atoms with van der Waals surface area (Å²) in [6.45, 7) is 6.33. The summed E-state index contributed by atoms with van der Waals surface area (Å²) in [7, 11) is 2.16. The van der Waals surface area contributed by atoms with Crippen molar-refractivity contribution in [2.24, 2.45) is 0 Å². The molecule has 0 radical (unpaired) electrons. The number of rotatable bonds is 2. The molecule has 1 fully saturated rings. The Labute approximate surface area is 186 Å². The molecule has 5 rings (SSSR count). The molecular formula is C24H25BrN4O. The van der Waals surface area contributed by atoms with Gasteiger partial charge in [0.05, 0.1) is 35.7 Å². The Morgan fingerprint density at radius 2 is 1.77 bits per heavy atom. The van der Waals surface area contributed by atoms with Gasteiger partial charge in [0.25, 0.3) is 5.91 Å². The van der Waals surface area contributed by atoms with E-state index in [4.69, 9.17) is 0 Å². The number of hydrogen-bond acceptors (Lipinski definition) is 4. The van der Waals surface area contributed by atoms with Crippen molar-refractivity contribution in [3.8, 4) is 11.8 Å². The van der Waals surface area contributed by atoms with E-state index in [-0.39, 0.29) is 5.91 Å². The Bertz CT molecular complexity index is 1050. The predicted molar refractivity (Wildman–Crippen MR) is 125 cm³/mol. The molecule has 0 atom stereocenters. The molecule has 6 heteroatoms. The fourth-order valence-electron chi connectivity index (χ4n) is 4.53. The van der Waals surface area contributed by atoms with Gasteiger partial charge in [-0.25, -0.2) is 0 Å². The van der Waals surface area contributed by atoms with Gasteiger partial charge in [-0.2, -0.15) is 0 Å². The Morgan fingerprint density at radius 3 is 2.60 bits per heavy atom. The summed E-state index contributed by atoms with van der Waals surface area (Å²) >= 11 is 3.59. The monoisotopic (exact) mass is 464 g/mol. The average molecular weight is 465 g/mol. The van der Waals surface area contributed by atoms with E-state index in [2.05, 4.69) is 61.7 Å². The van der Waals surface area contributed by atoms with Crippen LogP contribution in [0.4, 0.5) is 17.1 Å². The molecule has 0 unspecified atom stereocenters. The Morgan fingerprint density at radius 1 is 0.967 bits per heavy atom. The molecular weight excluding hydrogens is 440 g/mol. The van der Waals surface area contributed by atoms with Crippen molar-refractivity contribution in [1.29, 1.82) is 0 Å². The van der Waals surface area contributed by atoms with E-state index in [9.17, 15) is 4.79 Å². The van der Waals surface area contributed by atoms with E-state index in [1.165, 1.54) is 5.56 Å². The summed E-state index contributed by atoms with van der Waals surface area (Å²) in [5.74, 6) is 6.61. The molecule has 0 aromatic heterocycles. The Balaban J connectivity index is 1.45. The fourth-order valence-corrected chi connectivity index (χ4v) is 4.88. The highest BCUT2D eigenvalue weighted by Gasteiger charge is 2.34. The van der Waals surface area contributed by atoms with Crippen molar-refractivity contribution in [3.05, 3.63) is 52.0 Å². The van der Waals surface area contributed by atoms with E-state index in [0.29, 0.717) is 6.54 Å². The standard InChI is InChI=1S/C24H25BrN4O/c1-26-13-15-27(16-14-26)10-2-3-11-29-22-17-19(25)7-8-21(22)28-12-9-18-5-4-6-20(23(18)28)24(29)30/h4-8,17H,9-16H2,1H3.